The Balaban J connectivity index is 1.77. The highest BCUT2D eigenvalue weighted by atomic mass is 79.9. The molecule has 1 aromatic carbocycles. The first-order valence-corrected chi connectivity index (χ1v) is 6.84. The van der Waals surface area contributed by atoms with Crippen molar-refractivity contribution >= 4 is 32.8 Å². The molecule has 0 spiro atoms. The molecular formula is C13H13BrN2O3. The summed E-state index contributed by atoms with van der Waals surface area (Å²) in [7, 11) is 0. The summed E-state index contributed by atoms with van der Waals surface area (Å²) in [5.74, 6) is 0.0915. The van der Waals surface area contributed by atoms with E-state index < -0.39 is 0 Å². The lowest BCUT2D eigenvalue weighted by Gasteiger charge is -2.26. The minimum absolute atomic E-state index is 0.228. The number of carbonyl (C=O) groups excluding carboxylic acids is 1. The third-order valence-corrected chi connectivity index (χ3v) is 3.47. The van der Waals surface area contributed by atoms with E-state index in [0.29, 0.717) is 37.6 Å². The highest BCUT2D eigenvalue weighted by molar-refractivity contribution is 9.10. The topological polar surface area (TPSA) is 54.7 Å². The van der Waals surface area contributed by atoms with Crippen LogP contribution in [0.2, 0.25) is 0 Å². The van der Waals surface area contributed by atoms with Crippen molar-refractivity contribution in [2.45, 2.75) is 0 Å². The molecule has 19 heavy (non-hydrogen) atoms. The van der Waals surface area contributed by atoms with Crippen LogP contribution in [-0.4, -0.2) is 37.2 Å². The van der Waals surface area contributed by atoms with Gasteiger partial charge in [-0.3, -0.25) is 10.2 Å². The maximum Gasteiger partial charge on any atom is 0.301 e. The van der Waals surface area contributed by atoms with Crippen molar-refractivity contribution in [3.63, 3.8) is 0 Å². The third-order valence-electron chi connectivity index (χ3n) is 2.97. The molecular weight excluding hydrogens is 312 g/mol. The standard InChI is InChI=1S/C13H13BrN2O3/c14-10-1-2-11-9(7-10)8-12(19-11)13(17)15-16-3-5-18-6-4-16/h1-2,7-8H,3-6H2,(H,15,17). The molecule has 0 atom stereocenters. The summed E-state index contributed by atoms with van der Waals surface area (Å²) < 4.78 is 11.7. The van der Waals surface area contributed by atoms with Crippen LogP contribution in [0.5, 0.6) is 0 Å². The molecule has 100 valence electrons. The van der Waals surface area contributed by atoms with Crippen molar-refractivity contribution in [3.8, 4) is 0 Å². The summed E-state index contributed by atoms with van der Waals surface area (Å²) in [5.41, 5.74) is 3.52. The molecule has 0 saturated carbocycles. The fourth-order valence-electron chi connectivity index (χ4n) is 2.00. The van der Waals surface area contributed by atoms with Crippen molar-refractivity contribution in [3.05, 3.63) is 34.5 Å². The van der Waals surface area contributed by atoms with E-state index in [1.165, 1.54) is 0 Å². The summed E-state index contributed by atoms with van der Waals surface area (Å²) >= 11 is 3.39. The molecule has 1 N–H and O–H groups in total. The lowest BCUT2D eigenvalue weighted by Crippen LogP contribution is -2.48. The summed E-state index contributed by atoms with van der Waals surface area (Å²) in [6.07, 6.45) is 0. The smallest absolute Gasteiger partial charge is 0.301 e. The second-order valence-corrected chi connectivity index (χ2v) is 5.25. The van der Waals surface area contributed by atoms with Crippen LogP contribution in [0.3, 0.4) is 0 Å². The van der Waals surface area contributed by atoms with Gasteiger partial charge in [0.15, 0.2) is 5.76 Å². The zero-order valence-corrected chi connectivity index (χ0v) is 11.8. The summed E-state index contributed by atoms with van der Waals surface area (Å²) in [6.45, 7) is 2.65. The highest BCUT2D eigenvalue weighted by Gasteiger charge is 2.17. The van der Waals surface area contributed by atoms with E-state index in [-0.39, 0.29) is 5.91 Å². The number of rotatable bonds is 2. The first kappa shape index (κ1) is 12.7. The van der Waals surface area contributed by atoms with Crippen molar-refractivity contribution < 1.29 is 13.9 Å². The van der Waals surface area contributed by atoms with Crippen LogP contribution < -0.4 is 5.43 Å². The quantitative estimate of drug-likeness (QED) is 0.919. The Hall–Kier alpha value is -1.37. The highest BCUT2D eigenvalue weighted by Crippen LogP contribution is 2.23. The molecule has 3 rings (SSSR count). The molecule has 1 saturated heterocycles. The predicted molar refractivity (Wildman–Crippen MR) is 73.8 cm³/mol. The molecule has 0 aliphatic carbocycles. The number of hydrazine groups is 1. The van der Waals surface area contributed by atoms with Gasteiger partial charge in [0.2, 0.25) is 0 Å². The van der Waals surface area contributed by atoms with Gasteiger partial charge in [0.25, 0.3) is 0 Å². The van der Waals surface area contributed by atoms with Crippen molar-refractivity contribution in [1.29, 1.82) is 0 Å². The maximum atomic E-state index is 12.1. The Labute approximate surface area is 118 Å². The minimum atomic E-state index is -0.228. The third kappa shape index (κ3) is 2.80. The number of halogens is 1. The van der Waals surface area contributed by atoms with E-state index in [1.807, 2.05) is 23.2 Å². The van der Waals surface area contributed by atoms with Crippen molar-refractivity contribution in [2.24, 2.45) is 0 Å². The van der Waals surface area contributed by atoms with Crippen LogP contribution in [0.1, 0.15) is 10.6 Å². The number of furan rings is 1. The first-order chi connectivity index (χ1) is 9.22. The Bertz CT molecular complexity index is 605. The van der Waals surface area contributed by atoms with Gasteiger partial charge in [0.1, 0.15) is 5.58 Å². The molecule has 0 unspecified atom stereocenters. The molecule has 1 amide bonds. The summed E-state index contributed by atoms with van der Waals surface area (Å²) in [5, 5.41) is 2.75. The largest absolute Gasteiger partial charge is 0.451 e. The SMILES string of the molecule is O=C(NN1CCOCC1)c1cc2cc(Br)ccc2o1. The lowest BCUT2D eigenvalue weighted by molar-refractivity contribution is 0.0118. The monoisotopic (exact) mass is 324 g/mol. The molecule has 2 heterocycles. The molecule has 5 nitrogen and oxygen atoms in total. The van der Waals surface area contributed by atoms with Gasteiger partial charge in [-0.05, 0) is 24.3 Å². The maximum absolute atomic E-state index is 12.1. The fourth-order valence-corrected chi connectivity index (χ4v) is 2.38. The Morgan fingerprint density at radius 2 is 2.05 bits per heavy atom. The van der Waals surface area contributed by atoms with Gasteiger partial charge in [-0.25, -0.2) is 5.01 Å². The second-order valence-electron chi connectivity index (χ2n) is 4.33. The Kier molecular flexibility index (Phi) is 3.54. The predicted octanol–water partition coefficient (Wildman–Crippen LogP) is 2.17. The normalized spacial score (nSPS) is 16.7. The van der Waals surface area contributed by atoms with Gasteiger partial charge in [-0.1, -0.05) is 15.9 Å². The minimum Gasteiger partial charge on any atom is -0.451 e. The van der Waals surface area contributed by atoms with E-state index >= 15 is 0 Å². The molecule has 1 fully saturated rings. The van der Waals surface area contributed by atoms with Crippen LogP contribution in [0, 0.1) is 0 Å². The van der Waals surface area contributed by atoms with E-state index in [4.69, 9.17) is 9.15 Å². The average molecular weight is 325 g/mol. The van der Waals surface area contributed by atoms with Gasteiger partial charge in [-0.2, -0.15) is 0 Å². The van der Waals surface area contributed by atoms with E-state index in [1.54, 1.807) is 6.07 Å². The van der Waals surface area contributed by atoms with Crippen LogP contribution in [-0.2, 0) is 4.74 Å². The number of carbonyl (C=O) groups is 1. The Morgan fingerprint density at radius 1 is 1.26 bits per heavy atom. The summed E-state index contributed by atoms with van der Waals surface area (Å²) in [4.78, 5) is 12.1. The zero-order chi connectivity index (χ0) is 13.2. The first-order valence-electron chi connectivity index (χ1n) is 6.05. The number of fused-ring (bicyclic) bond motifs is 1. The van der Waals surface area contributed by atoms with Crippen LogP contribution in [0.25, 0.3) is 11.0 Å². The van der Waals surface area contributed by atoms with E-state index in [0.717, 1.165) is 9.86 Å². The molecule has 6 heteroatoms. The van der Waals surface area contributed by atoms with Crippen molar-refractivity contribution in [1.82, 2.24) is 10.4 Å². The van der Waals surface area contributed by atoms with Crippen LogP contribution in [0.15, 0.2) is 33.2 Å². The van der Waals surface area contributed by atoms with Crippen molar-refractivity contribution in [2.75, 3.05) is 26.3 Å². The van der Waals surface area contributed by atoms with E-state index in [9.17, 15) is 4.79 Å². The van der Waals surface area contributed by atoms with E-state index in [2.05, 4.69) is 21.4 Å². The van der Waals surface area contributed by atoms with Crippen LogP contribution >= 0.6 is 15.9 Å². The lowest BCUT2D eigenvalue weighted by atomic mass is 10.2. The van der Waals surface area contributed by atoms with Crippen LogP contribution in [0.4, 0.5) is 0 Å². The fraction of sp³-hybridized carbons (Fsp3) is 0.308. The molecule has 2 aromatic rings. The number of amides is 1. The molecule has 0 bridgehead atoms. The number of nitrogens with one attached hydrogen (secondary N) is 1. The van der Waals surface area contributed by atoms with Gasteiger partial charge >= 0.3 is 5.91 Å². The molecule has 1 aliphatic heterocycles. The van der Waals surface area contributed by atoms with Gasteiger partial charge < -0.3 is 9.15 Å². The van der Waals surface area contributed by atoms with Gasteiger partial charge in [0, 0.05) is 22.9 Å². The molecule has 1 aromatic heterocycles. The van der Waals surface area contributed by atoms with Gasteiger partial charge in [-0.15, -0.1) is 0 Å². The summed E-state index contributed by atoms with van der Waals surface area (Å²) in [6, 6.07) is 7.39. The Morgan fingerprint density at radius 3 is 2.84 bits per heavy atom. The second kappa shape index (κ2) is 5.32. The number of nitrogens with zero attached hydrogens (tertiary/aromatic N) is 1. The zero-order valence-electron chi connectivity index (χ0n) is 10.2. The number of ether oxygens (including phenoxy) is 1. The molecule has 1 aliphatic rings. The van der Waals surface area contributed by atoms with Gasteiger partial charge in [0.05, 0.1) is 13.2 Å². The average Bonchev–Trinajstić information content (AvgIpc) is 2.83. The number of hydrogen-bond acceptors (Lipinski definition) is 4. The molecule has 0 radical (unpaired) electrons. The number of benzene rings is 1. The number of hydrogen-bond donors (Lipinski definition) is 1. The number of morpholine rings is 1.